The molecule has 6 rings (SSSR count). The minimum atomic E-state index is -1.75. The van der Waals surface area contributed by atoms with Gasteiger partial charge in [-0.3, -0.25) is 0 Å². The van der Waals surface area contributed by atoms with Crippen LogP contribution in [0.1, 0.15) is 152 Å². The van der Waals surface area contributed by atoms with Crippen molar-refractivity contribution < 1.29 is 18.8 Å². The van der Waals surface area contributed by atoms with Crippen LogP contribution in [0.3, 0.4) is 0 Å². The van der Waals surface area contributed by atoms with Crippen LogP contribution in [0.4, 0.5) is 0 Å². The molecule has 3 aromatic carbocycles. The average Bonchev–Trinajstić information content (AvgIpc) is 3.62. The lowest BCUT2D eigenvalue weighted by Crippen LogP contribution is -2.44. The van der Waals surface area contributed by atoms with Crippen molar-refractivity contribution in [1.82, 2.24) is 4.57 Å². The number of benzene rings is 3. The third-order valence-corrected chi connectivity index (χ3v) is 24.6. The summed E-state index contributed by atoms with van der Waals surface area (Å²) < 4.78 is 30.3. The van der Waals surface area contributed by atoms with Crippen LogP contribution in [0.25, 0.3) is 27.5 Å². The number of hydrogen-bond donors (Lipinski definition) is 0. The molecule has 0 aliphatic carbocycles. The van der Waals surface area contributed by atoms with Gasteiger partial charge < -0.3 is 23.3 Å². The smallest absolute Gasteiger partial charge is 0.463 e. The summed E-state index contributed by atoms with van der Waals surface area (Å²) in [5.74, 6) is 0.836. The molecule has 0 amide bonds. The van der Waals surface area contributed by atoms with Gasteiger partial charge in [-0.15, -0.1) is 0 Å². The number of nitrogens with zero attached hydrogens (tertiary/aromatic N) is 1. The number of fused-ring (bicyclic) bond motifs is 3. The Labute approximate surface area is 361 Å². The number of hydrogen-bond acceptors (Lipinski definition) is 4. The second kappa shape index (κ2) is 18.5. The molecule has 1 aromatic heterocycles. The van der Waals surface area contributed by atoms with E-state index in [1.165, 1.54) is 96.5 Å². The maximum atomic E-state index is 7.32. The van der Waals surface area contributed by atoms with Crippen molar-refractivity contribution in [3.05, 3.63) is 54.1 Å². The van der Waals surface area contributed by atoms with Gasteiger partial charge in [0, 0.05) is 22.7 Å². The summed E-state index contributed by atoms with van der Waals surface area (Å²) in [5, 5.41) is 5.77. The summed E-state index contributed by atoms with van der Waals surface area (Å²) in [6.45, 7) is 31.3. The van der Waals surface area contributed by atoms with Crippen LogP contribution in [-0.2, 0) is 19.5 Å². The van der Waals surface area contributed by atoms with E-state index in [9.17, 15) is 0 Å². The molecule has 0 bridgehead atoms. The van der Waals surface area contributed by atoms with Crippen LogP contribution < -0.4 is 20.6 Å². The molecule has 4 aromatic rings. The zero-order valence-electron chi connectivity index (χ0n) is 39.7. The molecule has 8 heteroatoms. The van der Waals surface area contributed by atoms with Gasteiger partial charge in [-0.2, -0.15) is 0 Å². The van der Waals surface area contributed by atoms with E-state index >= 15 is 0 Å². The predicted octanol–water partition coefficient (Wildman–Crippen LogP) is 13.1. The molecule has 2 fully saturated rings. The summed E-state index contributed by atoms with van der Waals surface area (Å²) in [6.07, 6.45) is 12.3. The highest BCUT2D eigenvalue weighted by Crippen LogP contribution is 2.43. The molecule has 2 aliphatic rings. The van der Waals surface area contributed by atoms with Crippen molar-refractivity contribution in [2.75, 3.05) is 6.61 Å². The first-order chi connectivity index (χ1) is 28.0. The van der Waals surface area contributed by atoms with Gasteiger partial charge in [0.2, 0.25) is 0 Å². The van der Waals surface area contributed by atoms with E-state index in [4.69, 9.17) is 18.8 Å². The normalized spacial score (nSPS) is 18.7. The molecule has 0 spiro atoms. The Morgan fingerprint density at radius 3 is 1.69 bits per heavy atom. The molecule has 59 heavy (non-hydrogen) atoms. The van der Waals surface area contributed by atoms with Crippen LogP contribution in [0.15, 0.2) is 48.5 Å². The minimum absolute atomic E-state index is 0.0846. The Hall–Kier alpha value is -2.36. The largest absolute Gasteiger partial charge is 0.498 e. The molecular weight excluding hydrogens is 758 g/mol. The van der Waals surface area contributed by atoms with Crippen molar-refractivity contribution in [2.24, 2.45) is 0 Å². The topological polar surface area (TPSA) is 41.9 Å². The Morgan fingerprint density at radius 2 is 1.24 bits per heavy atom. The fourth-order valence-corrected chi connectivity index (χ4v) is 18.4. The fraction of sp³-hybridized carbons (Fsp3) is 0.647. The summed E-state index contributed by atoms with van der Waals surface area (Å²) in [6, 6.07) is 25.2. The summed E-state index contributed by atoms with van der Waals surface area (Å²) in [7, 11) is -4.08. The minimum Gasteiger partial charge on any atom is -0.463 e. The third kappa shape index (κ3) is 9.38. The molecule has 0 N–H and O–H groups in total. The standard InChI is InChI=1S/C51H80BNO4Si2/c1-14-19-21-28-49(6,7)38-34-43(52-56-50(8,9)51(10,11)57-52)48(55-47-23-20-22-29-54-47)46(35-38)53-44-36-39(58(12,30-15-2)31-16-3)24-26-41(44)42-27-25-40(37-45(42)53)59(13,32-17-4)33-18-5/h24-27,34-37,47H,14-23,28-33H2,1-13H3. The first-order valence-corrected chi connectivity index (χ1v) is 29.7. The third-order valence-electron chi connectivity index (χ3n) is 14.8. The van der Waals surface area contributed by atoms with Gasteiger partial charge in [0.15, 0.2) is 6.29 Å². The van der Waals surface area contributed by atoms with Crippen LogP contribution in [0.5, 0.6) is 5.75 Å². The van der Waals surface area contributed by atoms with E-state index in [2.05, 4.69) is 142 Å². The predicted molar refractivity (Wildman–Crippen MR) is 261 cm³/mol. The maximum absolute atomic E-state index is 7.32. The Balaban J connectivity index is 1.76. The van der Waals surface area contributed by atoms with E-state index in [-0.39, 0.29) is 11.7 Å². The molecule has 1 unspecified atom stereocenters. The zero-order valence-corrected chi connectivity index (χ0v) is 41.7. The lowest BCUT2D eigenvalue weighted by atomic mass is 9.72. The number of ether oxygens (including phenoxy) is 2. The SMILES string of the molecule is CCCCCC(C)(C)c1cc(B2OC(C)(C)C(C)(C)O2)c(OC2CCCCO2)c(-n2c3cc([Si](C)(CCC)CCC)ccc3c3ccc([Si](C)(CCC)CCC)cc32)c1. The molecule has 2 aliphatic heterocycles. The van der Waals surface area contributed by atoms with E-state index in [0.29, 0.717) is 6.61 Å². The van der Waals surface area contributed by atoms with Gasteiger partial charge in [-0.25, -0.2) is 0 Å². The molecule has 0 saturated carbocycles. The number of rotatable bonds is 19. The lowest BCUT2D eigenvalue weighted by molar-refractivity contribution is -0.105. The molecule has 1 atom stereocenters. The first-order valence-electron chi connectivity index (χ1n) is 23.9. The van der Waals surface area contributed by atoms with Crippen molar-refractivity contribution in [3.8, 4) is 11.4 Å². The molecule has 324 valence electrons. The van der Waals surface area contributed by atoms with E-state index < -0.39 is 34.5 Å². The second-order valence-electron chi connectivity index (χ2n) is 20.7. The van der Waals surface area contributed by atoms with Crippen molar-refractivity contribution in [3.63, 3.8) is 0 Å². The Kier molecular flexibility index (Phi) is 14.5. The van der Waals surface area contributed by atoms with Gasteiger partial charge in [-0.1, -0.05) is 171 Å². The van der Waals surface area contributed by atoms with Crippen LogP contribution in [0, 0.1) is 0 Å². The van der Waals surface area contributed by atoms with Gasteiger partial charge >= 0.3 is 7.12 Å². The highest BCUT2D eigenvalue weighted by atomic mass is 28.3. The summed E-state index contributed by atoms with van der Waals surface area (Å²) in [4.78, 5) is 0. The van der Waals surface area contributed by atoms with Crippen molar-refractivity contribution in [2.45, 2.75) is 207 Å². The van der Waals surface area contributed by atoms with Crippen LogP contribution >= 0.6 is 0 Å². The molecule has 5 nitrogen and oxygen atoms in total. The van der Waals surface area contributed by atoms with Gasteiger partial charge in [0.1, 0.15) is 5.75 Å². The quantitative estimate of drug-likeness (QED) is 0.0697. The molecule has 2 saturated heterocycles. The lowest BCUT2D eigenvalue weighted by Gasteiger charge is -2.32. The second-order valence-corrected chi connectivity index (χ2v) is 30.1. The highest BCUT2D eigenvalue weighted by Gasteiger charge is 2.53. The van der Waals surface area contributed by atoms with Gasteiger partial charge in [-0.05, 0) is 76.1 Å². The molecule has 3 heterocycles. The van der Waals surface area contributed by atoms with E-state index in [1.54, 1.807) is 10.4 Å². The maximum Gasteiger partial charge on any atom is 0.498 e. The van der Waals surface area contributed by atoms with E-state index in [0.717, 1.165) is 42.6 Å². The van der Waals surface area contributed by atoms with Gasteiger partial charge in [0.25, 0.3) is 0 Å². The summed E-state index contributed by atoms with van der Waals surface area (Å²) in [5.41, 5.74) is 4.85. The van der Waals surface area contributed by atoms with Crippen LogP contribution in [-0.4, -0.2) is 51.9 Å². The van der Waals surface area contributed by atoms with Gasteiger partial charge in [0.05, 0.1) is 50.7 Å². The molecular formula is C51H80BNO4Si2. The fourth-order valence-electron chi connectivity index (χ4n) is 10.4. The number of unbranched alkanes of at least 4 members (excludes halogenated alkanes) is 2. The monoisotopic (exact) mass is 838 g/mol. The first kappa shape index (κ1) is 46.1. The Bertz CT molecular complexity index is 1940. The zero-order chi connectivity index (χ0) is 42.8. The number of aromatic nitrogens is 1. The van der Waals surface area contributed by atoms with Crippen molar-refractivity contribution >= 4 is 60.9 Å². The highest BCUT2D eigenvalue weighted by molar-refractivity contribution is 6.91. The van der Waals surface area contributed by atoms with E-state index in [1.807, 2.05) is 0 Å². The summed E-state index contributed by atoms with van der Waals surface area (Å²) >= 11 is 0. The molecule has 0 radical (unpaired) electrons. The average molecular weight is 838 g/mol. The van der Waals surface area contributed by atoms with Crippen molar-refractivity contribution in [1.29, 1.82) is 0 Å². The Morgan fingerprint density at radius 1 is 0.712 bits per heavy atom. The van der Waals surface area contributed by atoms with Crippen LogP contribution in [0.2, 0.25) is 37.3 Å².